The van der Waals surface area contributed by atoms with Gasteiger partial charge in [-0.1, -0.05) is 12.8 Å². The van der Waals surface area contributed by atoms with E-state index in [9.17, 15) is 12.8 Å². The van der Waals surface area contributed by atoms with Crippen molar-refractivity contribution in [2.45, 2.75) is 37.9 Å². The summed E-state index contributed by atoms with van der Waals surface area (Å²) in [5, 5.41) is 0. The van der Waals surface area contributed by atoms with Gasteiger partial charge in [0.15, 0.2) is 0 Å². The van der Waals surface area contributed by atoms with E-state index in [1.807, 2.05) is 0 Å². The summed E-state index contributed by atoms with van der Waals surface area (Å²) in [6, 6.07) is -0.764. The third kappa shape index (κ3) is 3.51. The van der Waals surface area contributed by atoms with E-state index in [0.717, 1.165) is 25.7 Å². The Balaban J connectivity index is 2.47. The van der Waals surface area contributed by atoms with E-state index in [2.05, 4.69) is 0 Å². The average molecular weight is 225 g/mol. The molecule has 3 N–H and O–H groups in total. The van der Waals surface area contributed by atoms with E-state index in [4.69, 9.17) is 10.3 Å². The van der Waals surface area contributed by atoms with E-state index in [0.29, 0.717) is 0 Å². The highest BCUT2D eigenvalue weighted by Gasteiger charge is 2.31. The molecule has 0 radical (unpaired) electrons. The van der Waals surface area contributed by atoms with Crippen molar-refractivity contribution >= 4 is 10.1 Å². The van der Waals surface area contributed by atoms with Crippen LogP contribution in [0.4, 0.5) is 4.39 Å². The summed E-state index contributed by atoms with van der Waals surface area (Å²) < 4.78 is 42.6. The molecule has 0 spiro atoms. The van der Waals surface area contributed by atoms with Gasteiger partial charge in [-0.05, 0) is 18.8 Å². The Morgan fingerprint density at radius 1 is 1.43 bits per heavy atom. The van der Waals surface area contributed by atoms with Crippen LogP contribution >= 0.6 is 0 Å². The molecule has 84 valence electrons. The summed E-state index contributed by atoms with van der Waals surface area (Å²) in [5.41, 5.74) is 5.58. The van der Waals surface area contributed by atoms with Crippen molar-refractivity contribution in [3.8, 4) is 0 Å². The van der Waals surface area contributed by atoms with Crippen molar-refractivity contribution in [2.75, 3.05) is 5.75 Å². The normalized spacial score (nSPS) is 23.6. The molecule has 1 aliphatic rings. The fraction of sp³-hybridized carbons (Fsp3) is 1.00. The molecule has 0 saturated heterocycles. The van der Waals surface area contributed by atoms with Crippen LogP contribution in [0.25, 0.3) is 0 Å². The first-order valence-electron chi connectivity index (χ1n) is 4.75. The van der Waals surface area contributed by atoms with Gasteiger partial charge in [0.05, 0.1) is 0 Å². The number of alkyl halides is 1. The fourth-order valence-electron chi connectivity index (χ4n) is 1.95. The predicted octanol–water partition coefficient (Wildman–Crippen LogP) is 0.730. The number of rotatable bonds is 4. The zero-order valence-electron chi connectivity index (χ0n) is 7.89. The minimum absolute atomic E-state index is 0.0618. The standard InChI is InChI=1S/C8H16FNO3S/c9-7(5-14(11,12)13)8(10)6-3-1-2-4-6/h6-8H,1-5,10H2,(H,11,12,13)/t7-,8+/m0/s1. The van der Waals surface area contributed by atoms with Crippen LogP contribution < -0.4 is 5.73 Å². The number of halogens is 1. The first-order chi connectivity index (χ1) is 6.40. The molecule has 14 heavy (non-hydrogen) atoms. The van der Waals surface area contributed by atoms with E-state index >= 15 is 0 Å². The van der Waals surface area contributed by atoms with Crippen LogP contribution in [0.5, 0.6) is 0 Å². The molecule has 0 bridgehead atoms. The maximum Gasteiger partial charge on any atom is 0.267 e. The number of hydrogen-bond acceptors (Lipinski definition) is 3. The lowest BCUT2D eigenvalue weighted by molar-refractivity contribution is 0.245. The fourth-order valence-corrected chi connectivity index (χ4v) is 2.57. The highest BCUT2D eigenvalue weighted by Crippen LogP contribution is 2.28. The maximum atomic E-state index is 13.3. The molecule has 2 atom stereocenters. The average Bonchev–Trinajstić information content (AvgIpc) is 2.51. The molecule has 0 aliphatic heterocycles. The molecular formula is C8H16FNO3S. The van der Waals surface area contributed by atoms with Crippen molar-refractivity contribution < 1.29 is 17.4 Å². The van der Waals surface area contributed by atoms with Crippen LogP contribution in [0.2, 0.25) is 0 Å². The second kappa shape index (κ2) is 4.55. The van der Waals surface area contributed by atoms with E-state index in [1.54, 1.807) is 0 Å². The van der Waals surface area contributed by atoms with Crippen molar-refractivity contribution in [2.24, 2.45) is 11.7 Å². The second-order valence-electron chi connectivity index (χ2n) is 3.89. The SMILES string of the molecule is N[C@H](C1CCCC1)[C@@H](F)CS(=O)(=O)O. The van der Waals surface area contributed by atoms with E-state index < -0.39 is 28.1 Å². The van der Waals surface area contributed by atoms with Gasteiger partial charge < -0.3 is 5.73 Å². The van der Waals surface area contributed by atoms with Crippen molar-refractivity contribution in [1.29, 1.82) is 0 Å². The molecule has 0 unspecified atom stereocenters. The van der Waals surface area contributed by atoms with Gasteiger partial charge in [-0.25, -0.2) is 4.39 Å². The maximum absolute atomic E-state index is 13.3. The van der Waals surface area contributed by atoms with Gasteiger partial charge in [-0.15, -0.1) is 0 Å². The van der Waals surface area contributed by atoms with Crippen LogP contribution in [0.1, 0.15) is 25.7 Å². The molecule has 1 saturated carbocycles. The summed E-state index contributed by atoms with van der Waals surface area (Å²) in [5.74, 6) is -0.822. The topological polar surface area (TPSA) is 80.4 Å². The van der Waals surface area contributed by atoms with E-state index in [-0.39, 0.29) is 5.92 Å². The minimum Gasteiger partial charge on any atom is -0.325 e. The summed E-state index contributed by atoms with van der Waals surface area (Å²) in [7, 11) is -4.25. The summed E-state index contributed by atoms with van der Waals surface area (Å²) in [6.07, 6.45) is 2.10. The Kier molecular flexibility index (Phi) is 3.86. The van der Waals surface area contributed by atoms with Gasteiger partial charge in [0.25, 0.3) is 10.1 Å². The smallest absolute Gasteiger partial charge is 0.267 e. The molecule has 1 aliphatic carbocycles. The van der Waals surface area contributed by atoms with Crippen molar-refractivity contribution in [1.82, 2.24) is 0 Å². The molecule has 1 rings (SSSR count). The molecular weight excluding hydrogens is 209 g/mol. The quantitative estimate of drug-likeness (QED) is 0.691. The Labute approximate surface area is 83.4 Å². The lowest BCUT2D eigenvalue weighted by Crippen LogP contribution is -2.41. The summed E-state index contributed by atoms with van der Waals surface area (Å²) in [6.45, 7) is 0. The molecule has 0 amide bonds. The zero-order chi connectivity index (χ0) is 10.8. The molecule has 6 heteroatoms. The summed E-state index contributed by atoms with van der Waals surface area (Å²) >= 11 is 0. The Morgan fingerprint density at radius 2 is 1.93 bits per heavy atom. The number of nitrogens with two attached hydrogens (primary N) is 1. The Bertz CT molecular complexity index is 274. The van der Waals surface area contributed by atoms with Gasteiger partial charge in [-0.2, -0.15) is 8.42 Å². The van der Waals surface area contributed by atoms with Crippen LogP contribution in [0.15, 0.2) is 0 Å². The molecule has 0 aromatic carbocycles. The third-order valence-corrected chi connectivity index (χ3v) is 3.47. The minimum atomic E-state index is -4.25. The molecule has 4 nitrogen and oxygen atoms in total. The van der Waals surface area contributed by atoms with Gasteiger partial charge in [0.1, 0.15) is 11.9 Å². The van der Waals surface area contributed by atoms with Crippen LogP contribution in [0.3, 0.4) is 0 Å². The van der Waals surface area contributed by atoms with Gasteiger partial charge in [-0.3, -0.25) is 4.55 Å². The molecule has 0 heterocycles. The molecule has 0 aromatic rings. The van der Waals surface area contributed by atoms with Gasteiger partial charge in [0, 0.05) is 6.04 Å². The number of hydrogen-bond donors (Lipinski definition) is 2. The zero-order valence-corrected chi connectivity index (χ0v) is 8.71. The van der Waals surface area contributed by atoms with Gasteiger partial charge in [0.2, 0.25) is 0 Å². The first-order valence-corrected chi connectivity index (χ1v) is 6.36. The molecule has 0 aromatic heterocycles. The van der Waals surface area contributed by atoms with E-state index in [1.165, 1.54) is 0 Å². The lowest BCUT2D eigenvalue weighted by atomic mass is 9.96. The summed E-state index contributed by atoms with van der Waals surface area (Å²) in [4.78, 5) is 0. The van der Waals surface area contributed by atoms with Crippen molar-refractivity contribution in [3.63, 3.8) is 0 Å². The predicted molar refractivity (Wildman–Crippen MR) is 51.2 cm³/mol. The second-order valence-corrected chi connectivity index (χ2v) is 5.38. The third-order valence-electron chi connectivity index (χ3n) is 2.73. The monoisotopic (exact) mass is 225 g/mol. The lowest BCUT2D eigenvalue weighted by Gasteiger charge is -2.21. The highest BCUT2D eigenvalue weighted by molar-refractivity contribution is 7.85. The largest absolute Gasteiger partial charge is 0.325 e. The molecule has 1 fully saturated rings. The highest BCUT2D eigenvalue weighted by atomic mass is 32.2. The Hall–Kier alpha value is -0.200. The van der Waals surface area contributed by atoms with Crippen LogP contribution in [0, 0.1) is 5.92 Å². The van der Waals surface area contributed by atoms with Crippen LogP contribution in [-0.4, -0.2) is 30.9 Å². The van der Waals surface area contributed by atoms with Gasteiger partial charge >= 0.3 is 0 Å². The Morgan fingerprint density at radius 3 is 2.36 bits per heavy atom. The van der Waals surface area contributed by atoms with Crippen LogP contribution in [-0.2, 0) is 10.1 Å². The first kappa shape index (κ1) is 11.9. The van der Waals surface area contributed by atoms with Crippen molar-refractivity contribution in [3.05, 3.63) is 0 Å².